The molecule has 0 radical (unpaired) electrons. The van der Waals surface area contributed by atoms with Crippen LogP contribution in [0.5, 0.6) is 5.75 Å². The average molecular weight is 351 g/mol. The van der Waals surface area contributed by atoms with Crippen molar-refractivity contribution in [2.75, 3.05) is 26.4 Å². The van der Waals surface area contributed by atoms with Crippen molar-refractivity contribution in [1.29, 1.82) is 0 Å². The van der Waals surface area contributed by atoms with E-state index in [0.29, 0.717) is 30.9 Å². The third kappa shape index (κ3) is 6.03. The minimum Gasteiger partial charge on any atom is -0.493 e. The SMILES string of the molecule is CCCCOc1ccccc1C(=O)N[C@@H]1COCC[C@@H]1OCC(=O)O. The van der Waals surface area contributed by atoms with Crippen molar-refractivity contribution in [2.45, 2.75) is 38.3 Å². The van der Waals surface area contributed by atoms with Gasteiger partial charge in [-0.1, -0.05) is 25.5 Å². The molecule has 1 amide bonds. The molecule has 0 spiro atoms. The first kappa shape index (κ1) is 19.2. The smallest absolute Gasteiger partial charge is 0.329 e. The van der Waals surface area contributed by atoms with Crippen LogP contribution in [0.3, 0.4) is 0 Å². The second-order valence-corrected chi connectivity index (χ2v) is 5.88. The summed E-state index contributed by atoms with van der Waals surface area (Å²) >= 11 is 0. The summed E-state index contributed by atoms with van der Waals surface area (Å²) < 4.78 is 16.5. The van der Waals surface area contributed by atoms with Crippen LogP contribution in [0.15, 0.2) is 24.3 Å². The number of para-hydroxylation sites is 1. The van der Waals surface area contributed by atoms with Crippen LogP contribution in [0, 0.1) is 0 Å². The molecule has 0 unspecified atom stereocenters. The monoisotopic (exact) mass is 351 g/mol. The van der Waals surface area contributed by atoms with Gasteiger partial charge in [-0.05, 0) is 25.0 Å². The Hall–Kier alpha value is -2.12. The molecule has 0 aliphatic carbocycles. The lowest BCUT2D eigenvalue weighted by Gasteiger charge is -2.31. The van der Waals surface area contributed by atoms with E-state index in [-0.39, 0.29) is 18.6 Å². The summed E-state index contributed by atoms with van der Waals surface area (Å²) in [4.78, 5) is 23.3. The van der Waals surface area contributed by atoms with Gasteiger partial charge in [-0.2, -0.15) is 0 Å². The molecule has 1 saturated heterocycles. The zero-order valence-corrected chi connectivity index (χ0v) is 14.4. The summed E-state index contributed by atoms with van der Waals surface area (Å²) in [5.74, 6) is -0.786. The van der Waals surface area contributed by atoms with Gasteiger partial charge >= 0.3 is 5.97 Å². The van der Waals surface area contributed by atoms with Crippen LogP contribution in [0.4, 0.5) is 0 Å². The number of carbonyl (C=O) groups excluding carboxylic acids is 1. The third-order valence-electron chi connectivity index (χ3n) is 3.92. The molecule has 2 atom stereocenters. The molecule has 1 aromatic carbocycles. The Kier molecular flexibility index (Phi) is 7.69. The number of carboxylic acid groups (broad SMARTS) is 1. The highest BCUT2D eigenvalue weighted by Gasteiger charge is 2.29. The summed E-state index contributed by atoms with van der Waals surface area (Å²) in [5, 5.41) is 11.6. The number of ether oxygens (including phenoxy) is 3. The van der Waals surface area contributed by atoms with E-state index in [0.717, 1.165) is 12.8 Å². The molecule has 2 N–H and O–H groups in total. The second-order valence-electron chi connectivity index (χ2n) is 5.88. The number of rotatable bonds is 9. The van der Waals surface area contributed by atoms with Crippen molar-refractivity contribution in [2.24, 2.45) is 0 Å². The maximum Gasteiger partial charge on any atom is 0.329 e. The van der Waals surface area contributed by atoms with Crippen LogP contribution in [0.2, 0.25) is 0 Å². The molecule has 1 aromatic rings. The van der Waals surface area contributed by atoms with Gasteiger partial charge < -0.3 is 24.6 Å². The standard InChI is InChI=1S/C18H25NO6/c1-2-3-9-24-15-7-5-4-6-13(15)18(22)19-14-11-23-10-8-16(14)25-12-17(20)21/h4-7,14,16H,2-3,8-12H2,1H3,(H,19,22)(H,20,21)/t14-,16+/m1/s1. The summed E-state index contributed by atoms with van der Waals surface area (Å²) in [6.45, 7) is 3.00. The number of hydrogen-bond acceptors (Lipinski definition) is 5. The lowest BCUT2D eigenvalue weighted by molar-refractivity contribution is -0.147. The molecular formula is C18H25NO6. The Labute approximate surface area is 147 Å². The molecule has 1 heterocycles. The Balaban J connectivity index is 2.00. The highest BCUT2D eigenvalue weighted by atomic mass is 16.5. The molecule has 1 aliphatic rings. The van der Waals surface area contributed by atoms with Crippen LogP contribution in [0.25, 0.3) is 0 Å². The van der Waals surface area contributed by atoms with Crippen LogP contribution in [-0.2, 0) is 14.3 Å². The zero-order chi connectivity index (χ0) is 18.1. The molecule has 7 heteroatoms. The van der Waals surface area contributed by atoms with Gasteiger partial charge in [0.2, 0.25) is 0 Å². The highest BCUT2D eigenvalue weighted by molar-refractivity contribution is 5.97. The van der Waals surface area contributed by atoms with Crippen molar-refractivity contribution in [3.8, 4) is 5.75 Å². The molecule has 0 bridgehead atoms. The third-order valence-corrected chi connectivity index (χ3v) is 3.92. The largest absolute Gasteiger partial charge is 0.493 e. The molecular weight excluding hydrogens is 326 g/mol. The van der Waals surface area contributed by atoms with Crippen LogP contribution in [0.1, 0.15) is 36.5 Å². The van der Waals surface area contributed by atoms with E-state index in [1.54, 1.807) is 18.2 Å². The predicted octanol–water partition coefficient (Wildman–Crippen LogP) is 1.85. The van der Waals surface area contributed by atoms with Gasteiger partial charge in [0.05, 0.1) is 30.9 Å². The zero-order valence-electron chi connectivity index (χ0n) is 14.4. The van der Waals surface area contributed by atoms with Crippen LogP contribution in [-0.4, -0.2) is 55.6 Å². The number of carbonyl (C=O) groups is 2. The molecule has 138 valence electrons. The summed E-state index contributed by atoms with van der Waals surface area (Å²) in [6.07, 6.45) is 2.07. The van der Waals surface area contributed by atoms with Gasteiger partial charge in [-0.15, -0.1) is 0 Å². The van der Waals surface area contributed by atoms with Gasteiger partial charge in [0.1, 0.15) is 12.4 Å². The highest BCUT2D eigenvalue weighted by Crippen LogP contribution is 2.20. The molecule has 1 fully saturated rings. The molecule has 25 heavy (non-hydrogen) atoms. The number of aliphatic carboxylic acids is 1. The Morgan fingerprint density at radius 2 is 2.16 bits per heavy atom. The number of hydrogen-bond donors (Lipinski definition) is 2. The minimum absolute atomic E-state index is 0.286. The van der Waals surface area contributed by atoms with E-state index < -0.39 is 18.6 Å². The van der Waals surface area contributed by atoms with E-state index >= 15 is 0 Å². The number of benzene rings is 1. The normalized spacial score (nSPS) is 20.0. The van der Waals surface area contributed by atoms with E-state index in [1.807, 2.05) is 6.07 Å². The average Bonchev–Trinajstić information content (AvgIpc) is 2.61. The summed E-state index contributed by atoms with van der Waals surface area (Å²) in [6, 6.07) is 6.66. The van der Waals surface area contributed by atoms with Crippen molar-refractivity contribution < 1.29 is 28.9 Å². The summed E-state index contributed by atoms with van der Waals surface area (Å²) in [7, 11) is 0. The first-order valence-corrected chi connectivity index (χ1v) is 8.55. The van der Waals surface area contributed by atoms with E-state index in [4.69, 9.17) is 19.3 Å². The molecule has 1 aliphatic heterocycles. The van der Waals surface area contributed by atoms with Crippen LogP contribution >= 0.6 is 0 Å². The fourth-order valence-corrected chi connectivity index (χ4v) is 2.58. The van der Waals surface area contributed by atoms with Gasteiger partial charge in [-0.3, -0.25) is 4.79 Å². The quantitative estimate of drug-likeness (QED) is 0.660. The molecule has 7 nitrogen and oxygen atoms in total. The van der Waals surface area contributed by atoms with Crippen molar-refractivity contribution in [3.05, 3.63) is 29.8 Å². The lowest BCUT2D eigenvalue weighted by atomic mass is 10.1. The molecule has 0 aromatic heterocycles. The lowest BCUT2D eigenvalue weighted by Crippen LogP contribution is -2.51. The fraction of sp³-hybridized carbons (Fsp3) is 0.556. The second kappa shape index (κ2) is 10.0. The van der Waals surface area contributed by atoms with Gasteiger partial charge in [0, 0.05) is 6.61 Å². The van der Waals surface area contributed by atoms with Crippen molar-refractivity contribution >= 4 is 11.9 Å². The first-order chi connectivity index (χ1) is 12.1. The summed E-state index contributed by atoms with van der Waals surface area (Å²) in [5.41, 5.74) is 0.446. The van der Waals surface area contributed by atoms with Gasteiger partial charge in [0.15, 0.2) is 0 Å². The molecule has 2 rings (SSSR count). The van der Waals surface area contributed by atoms with E-state index in [1.165, 1.54) is 0 Å². The molecule has 0 saturated carbocycles. The predicted molar refractivity (Wildman–Crippen MR) is 90.9 cm³/mol. The maximum atomic E-state index is 12.6. The van der Waals surface area contributed by atoms with Gasteiger partial charge in [0.25, 0.3) is 5.91 Å². The maximum absolute atomic E-state index is 12.6. The first-order valence-electron chi connectivity index (χ1n) is 8.55. The van der Waals surface area contributed by atoms with E-state index in [9.17, 15) is 9.59 Å². The Morgan fingerprint density at radius 1 is 1.36 bits per heavy atom. The number of carboxylic acids is 1. The fourth-order valence-electron chi connectivity index (χ4n) is 2.58. The van der Waals surface area contributed by atoms with Crippen molar-refractivity contribution in [1.82, 2.24) is 5.32 Å². The van der Waals surface area contributed by atoms with Crippen molar-refractivity contribution in [3.63, 3.8) is 0 Å². The number of unbranched alkanes of at least 4 members (excludes halogenated alkanes) is 1. The van der Waals surface area contributed by atoms with E-state index in [2.05, 4.69) is 12.2 Å². The number of nitrogens with one attached hydrogen (secondary N) is 1. The Morgan fingerprint density at radius 3 is 2.92 bits per heavy atom. The Bertz CT molecular complexity index is 576. The number of amides is 1. The minimum atomic E-state index is -1.04. The topological polar surface area (TPSA) is 94.1 Å². The van der Waals surface area contributed by atoms with Gasteiger partial charge in [-0.25, -0.2) is 4.79 Å². The van der Waals surface area contributed by atoms with Crippen LogP contribution < -0.4 is 10.1 Å².